The van der Waals surface area contributed by atoms with Crippen LogP contribution in [0, 0.1) is 0 Å². The van der Waals surface area contributed by atoms with Gasteiger partial charge in [-0.05, 0) is 35.4 Å². The van der Waals surface area contributed by atoms with Crippen LogP contribution in [0.2, 0.25) is 0 Å². The van der Waals surface area contributed by atoms with Crippen LogP contribution in [0.1, 0.15) is 11.1 Å². The van der Waals surface area contributed by atoms with Crippen molar-refractivity contribution in [2.75, 3.05) is 6.61 Å². The Morgan fingerprint density at radius 3 is 2.50 bits per heavy atom. The Hall–Kier alpha value is -2.94. The van der Waals surface area contributed by atoms with Gasteiger partial charge in [0.15, 0.2) is 0 Å². The molecule has 0 spiro atoms. The van der Waals surface area contributed by atoms with E-state index in [0.717, 1.165) is 11.1 Å². The van der Waals surface area contributed by atoms with E-state index in [1.54, 1.807) is 18.7 Å². The van der Waals surface area contributed by atoms with Crippen molar-refractivity contribution in [3.8, 4) is 0 Å². The number of ether oxygens (including phenoxy) is 1. The maximum Gasteiger partial charge on any atom is 0.115 e. The third kappa shape index (κ3) is 6.01. The Balaban J connectivity index is 2.18. The SMILES string of the molecule is C1=NC=N/C=C\C=C/CO/C=C\C=C/c2ccccc2/C=C\1. The summed E-state index contributed by atoms with van der Waals surface area (Å²) >= 11 is 0. The first-order chi connectivity index (χ1) is 11.0. The molecular formula is C19H18N2O. The Kier molecular flexibility index (Phi) is 6.94. The largest absolute Gasteiger partial charge is 0.497 e. The Bertz CT molecular complexity index is 662. The van der Waals surface area contributed by atoms with E-state index >= 15 is 0 Å². The van der Waals surface area contributed by atoms with Crippen LogP contribution in [-0.4, -0.2) is 19.2 Å². The van der Waals surface area contributed by atoms with Gasteiger partial charge in [0.2, 0.25) is 0 Å². The van der Waals surface area contributed by atoms with E-state index in [1.165, 1.54) is 6.34 Å². The molecule has 3 nitrogen and oxygen atoms in total. The monoisotopic (exact) mass is 290 g/mol. The van der Waals surface area contributed by atoms with E-state index in [2.05, 4.69) is 22.1 Å². The maximum absolute atomic E-state index is 5.34. The molecule has 0 bridgehead atoms. The average Bonchev–Trinajstić information content (AvgIpc) is 2.55. The van der Waals surface area contributed by atoms with E-state index in [4.69, 9.17) is 4.74 Å². The quantitative estimate of drug-likeness (QED) is 0.696. The Morgan fingerprint density at radius 1 is 0.818 bits per heavy atom. The van der Waals surface area contributed by atoms with Crippen molar-refractivity contribution in [1.29, 1.82) is 0 Å². The molecule has 1 heterocycles. The number of benzene rings is 1. The predicted molar refractivity (Wildman–Crippen MR) is 94.9 cm³/mol. The summed E-state index contributed by atoms with van der Waals surface area (Å²) in [6.45, 7) is 0.524. The summed E-state index contributed by atoms with van der Waals surface area (Å²) in [5.41, 5.74) is 2.26. The van der Waals surface area contributed by atoms with Gasteiger partial charge in [-0.2, -0.15) is 0 Å². The second kappa shape index (κ2) is 9.88. The average molecular weight is 290 g/mol. The van der Waals surface area contributed by atoms with Crippen LogP contribution in [-0.2, 0) is 4.74 Å². The Labute approximate surface area is 131 Å². The third-order valence-corrected chi connectivity index (χ3v) is 2.75. The molecular weight excluding hydrogens is 272 g/mol. The second-order valence-electron chi connectivity index (χ2n) is 4.34. The summed E-state index contributed by atoms with van der Waals surface area (Å²) in [7, 11) is 0. The van der Waals surface area contributed by atoms with Crippen LogP contribution >= 0.6 is 0 Å². The first kappa shape index (κ1) is 15.4. The minimum absolute atomic E-state index is 0.524. The number of aliphatic imine (C=N–C) groups is 2. The number of rotatable bonds is 0. The van der Waals surface area contributed by atoms with Crippen molar-refractivity contribution in [2.24, 2.45) is 9.98 Å². The normalized spacial score (nSPS) is 22.4. The highest BCUT2D eigenvalue weighted by Gasteiger charge is 1.92. The molecule has 1 aromatic carbocycles. The summed E-state index contributed by atoms with van der Waals surface area (Å²) in [6, 6.07) is 8.15. The molecule has 0 amide bonds. The summed E-state index contributed by atoms with van der Waals surface area (Å²) in [5, 5.41) is 0. The number of allylic oxidation sites excluding steroid dienone is 5. The fourth-order valence-electron chi connectivity index (χ4n) is 1.73. The number of nitrogens with zero attached hydrogens (tertiary/aromatic N) is 2. The van der Waals surface area contributed by atoms with Gasteiger partial charge in [0.1, 0.15) is 12.9 Å². The number of hydrogen-bond acceptors (Lipinski definition) is 3. The van der Waals surface area contributed by atoms with Gasteiger partial charge >= 0.3 is 0 Å². The van der Waals surface area contributed by atoms with Gasteiger partial charge in [0.05, 0.1) is 6.26 Å². The predicted octanol–water partition coefficient (Wildman–Crippen LogP) is 4.43. The second-order valence-corrected chi connectivity index (χ2v) is 4.34. The van der Waals surface area contributed by atoms with Gasteiger partial charge in [-0.1, -0.05) is 48.6 Å². The van der Waals surface area contributed by atoms with Crippen molar-refractivity contribution < 1.29 is 4.74 Å². The van der Waals surface area contributed by atoms with E-state index in [1.807, 2.05) is 60.7 Å². The fraction of sp³-hybridized carbons (Fsp3) is 0.0526. The number of hydrogen-bond donors (Lipinski definition) is 0. The summed E-state index contributed by atoms with van der Waals surface area (Å²) in [5.74, 6) is 0. The van der Waals surface area contributed by atoms with Gasteiger partial charge in [-0.15, -0.1) is 0 Å². The van der Waals surface area contributed by atoms with Crippen molar-refractivity contribution in [2.45, 2.75) is 0 Å². The molecule has 0 radical (unpaired) electrons. The smallest absolute Gasteiger partial charge is 0.115 e. The van der Waals surface area contributed by atoms with E-state index in [9.17, 15) is 0 Å². The van der Waals surface area contributed by atoms with Gasteiger partial charge in [0.25, 0.3) is 0 Å². The van der Waals surface area contributed by atoms with Crippen LogP contribution in [0.3, 0.4) is 0 Å². The third-order valence-electron chi connectivity index (χ3n) is 2.75. The van der Waals surface area contributed by atoms with Gasteiger partial charge in [-0.25, -0.2) is 9.98 Å². The zero-order chi connectivity index (χ0) is 15.3. The molecule has 0 saturated carbocycles. The minimum Gasteiger partial charge on any atom is -0.497 e. The summed E-state index contributed by atoms with van der Waals surface area (Å²) in [6.07, 6.45) is 22.0. The summed E-state index contributed by atoms with van der Waals surface area (Å²) in [4.78, 5) is 8.10. The molecule has 0 aromatic heterocycles. The van der Waals surface area contributed by atoms with Crippen LogP contribution in [0.15, 0.2) is 83.2 Å². The van der Waals surface area contributed by atoms with Gasteiger partial charge < -0.3 is 4.74 Å². The summed E-state index contributed by atoms with van der Waals surface area (Å²) < 4.78 is 5.34. The standard InChI is InChI=1S/C19H18N2O/c1-5-13-20-17-21-14-8-12-19-10-3-2-9-18(19)11-4-7-16-22-15-6-1/h1-14,16-17H,15H2/b6-1-,11-4-,12-8-,13-5-,16-7-,20-17?,21-14?. The molecule has 0 fully saturated rings. The van der Waals surface area contributed by atoms with E-state index in [-0.39, 0.29) is 0 Å². The minimum atomic E-state index is 0.524. The molecule has 22 heavy (non-hydrogen) atoms. The molecule has 1 aliphatic heterocycles. The number of fused-ring (bicyclic) bond motifs is 1. The van der Waals surface area contributed by atoms with Gasteiger partial charge in [0, 0.05) is 12.4 Å². The molecule has 2 rings (SSSR count). The lowest BCUT2D eigenvalue weighted by Gasteiger charge is -1.99. The van der Waals surface area contributed by atoms with Crippen molar-refractivity contribution in [3.63, 3.8) is 0 Å². The lowest BCUT2D eigenvalue weighted by Crippen LogP contribution is -1.80. The molecule has 110 valence electrons. The van der Waals surface area contributed by atoms with Crippen molar-refractivity contribution in [3.05, 3.63) is 84.3 Å². The lowest BCUT2D eigenvalue weighted by molar-refractivity contribution is 0.290. The van der Waals surface area contributed by atoms with Crippen LogP contribution in [0.4, 0.5) is 0 Å². The van der Waals surface area contributed by atoms with E-state index in [0.29, 0.717) is 6.61 Å². The topological polar surface area (TPSA) is 34.0 Å². The van der Waals surface area contributed by atoms with Gasteiger partial charge in [-0.3, -0.25) is 0 Å². The maximum atomic E-state index is 5.34. The van der Waals surface area contributed by atoms with Crippen LogP contribution in [0.5, 0.6) is 0 Å². The van der Waals surface area contributed by atoms with Crippen molar-refractivity contribution in [1.82, 2.24) is 0 Å². The molecule has 0 atom stereocenters. The highest BCUT2D eigenvalue weighted by Crippen LogP contribution is 2.12. The van der Waals surface area contributed by atoms with Crippen LogP contribution in [0.25, 0.3) is 12.2 Å². The first-order valence-corrected chi connectivity index (χ1v) is 7.04. The molecule has 3 heteroatoms. The zero-order valence-corrected chi connectivity index (χ0v) is 12.2. The highest BCUT2D eigenvalue weighted by atomic mass is 16.5. The molecule has 0 saturated heterocycles. The lowest BCUT2D eigenvalue weighted by atomic mass is 10.1. The van der Waals surface area contributed by atoms with E-state index < -0.39 is 0 Å². The fourth-order valence-corrected chi connectivity index (χ4v) is 1.73. The molecule has 0 N–H and O–H groups in total. The van der Waals surface area contributed by atoms with Crippen LogP contribution < -0.4 is 0 Å². The zero-order valence-electron chi connectivity index (χ0n) is 12.2. The first-order valence-electron chi connectivity index (χ1n) is 7.04. The highest BCUT2D eigenvalue weighted by molar-refractivity contribution is 5.85. The molecule has 1 aliphatic rings. The Morgan fingerprint density at radius 2 is 1.64 bits per heavy atom. The molecule has 1 aromatic rings. The van der Waals surface area contributed by atoms with Crippen molar-refractivity contribution >= 4 is 24.7 Å². The molecule has 0 aliphatic carbocycles. The molecule has 0 unspecified atom stereocenters.